The van der Waals surface area contributed by atoms with E-state index in [4.69, 9.17) is 0 Å². The molecule has 0 amide bonds. The maximum Gasteiger partial charge on any atom is 0.340 e. The van der Waals surface area contributed by atoms with Gasteiger partial charge < -0.3 is 4.74 Å². The summed E-state index contributed by atoms with van der Waals surface area (Å²) in [5, 5.41) is 0.368. The lowest BCUT2D eigenvalue weighted by Gasteiger charge is -2.10. The molecule has 0 atom stereocenters. The average molecular weight is 328 g/mol. The summed E-state index contributed by atoms with van der Waals surface area (Å²) in [5.74, 6) is -1.50. The molecule has 1 aromatic heterocycles. The minimum Gasteiger partial charge on any atom is -0.465 e. The molecule has 0 spiro atoms. The van der Waals surface area contributed by atoms with Crippen molar-refractivity contribution in [3.63, 3.8) is 0 Å². The summed E-state index contributed by atoms with van der Waals surface area (Å²) in [6.07, 6.45) is 0. The Bertz CT molecular complexity index is 1050. The summed E-state index contributed by atoms with van der Waals surface area (Å²) in [5.41, 5.74) is -0.285. The minimum atomic E-state index is -0.798. The number of H-pyrrole nitrogens is 1. The Labute approximate surface area is 135 Å². The predicted molar refractivity (Wildman–Crippen MR) is 85.7 cm³/mol. The molecular weight excluding hydrogens is 315 g/mol. The van der Waals surface area contributed by atoms with Gasteiger partial charge in [0.1, 0.15) is 5.82 Å². The zero-order valence-electron chi connectivity index (χ0n) is 12.7. The fraction of sp³-hybridized carbons (Fsp3) is 0.118. The number of hydrogen-bond donors (Lipinski definition) is 1. The third kappa shape index (κ3) is 2.71. The first kappa shape index (κ1) is 15.7. The molecule has 0 aliphatic carbocycles. The van der Waals surface area contributed by atoms with Gasteiger partial charge in [0.2, 0.25) is 0 Å². The molecule has 6 nitrogen and oxygen atoms in total. The molecule has 24 heavy (non-hydrogen) atoms. The van der Waals surface area contributed by atoms with Crippen LogP contribution in [0, 0.1) is 5.82 Å². The van der Waals surface area contributed by atoms with Gasteiger partial charge in [0.25, 0.3) is 5.56 Å². The predicted octanol–water partition coefficient (Wildman–Crippen LogP) is 1.66. The van der Waals surface area contributed by atoms with Gasteiger partial charge in [-0.2, -0.15) is 0 Å². The number of fused-ring (bicyclic) bond motifs is 1. The number of benzene rings is 2. The van der Waals surface area contributed by atoms with Gasteiger partial charge in [0.05, 0.1) is 30.1 Å². The van der Waals surface area contributed by atoms with Gasteiger partial charge in [0, 0.05) is 0 Å². The molecule has 7 heteroatoms. The maximum atomic E-state index is 13.7. The van der Waals surface area contributed by atoms with Crippen LogP contribution < -0.4 is 11.2 Å². The average Bonchev–Trinajstić information content (AvgIpc) is 2.59. The zero-order valence-corrected chi connectivity index (χ0v) is 12.7. The second kappa shape index (κ2) is 6.11. The van der Waals surface area contributed by atoms with E-state index in [1.165, 1.54) is 16.7 Å². The molecule has 0 unspecified atom stereocenters. The van der Waals surface area contributed by atoms with Crippen molar-refractivity contribution in [2.75, 3.05) is 7.11 Å². The Morgan fingerprint density at radius 1 is 1.21 bits per heavy atom. The van der Waals surface area contributed by atoms with Crippen molar-refractivity contribution in [1.82, 2.24) is 9.55 Å². The van der Waals surface area contributed by atoms with Crippen LogP contribution in [0.4, 0.5) is 4.39 Å². The van der Waals surface area contributed by atoms with Gasteiger partial charge in [0.15, 0.2) is 0 Å². The second-order valence-electron chi connectivity index (χ2n) is 5.17. The van der Waals surface area contributed by atoms with Gasteiger partial charge in [-0.25, -0.2) is 14.0 Å². The number of ether oxygens (including phenoxy) is 1. The Hall–Kier alpha value is -3.22. The molecule has 3 aromatic rings. The number of aromatic nitrogens is 2. The van der Waals surface area contributed by atoms with E-state index < -0.39 is 23.0 Å². The number of carbonyl (C=O) groups is 1. The molecule has 0 saturated heterocycles. The highest BCUT2D eigenvalue weighted by Gasteiger charge is 2.14. The van der Waals surface area contributed by atoms with Crippen molar-refractivity contribution >= 4 is 16.9 Å². The molecular formula is C17H13FN2O4. The lowest BCUT2D eigenvalue weighted by atomic mass is 10.1. The normalized spacial score (nSPS) is 10.8. The number of halogens is 1. The standard InChI is InChI=1S/C17H13FN2O4/c1-24-16(22)12-8-10(6-7-13(12)18)9-20-14-5-3-2-4-11(14)15(21)19-17(20)23/h2-8H,9H2,1H3,(H,19,21,23). The van der Waals surface area contributed by atoms with E-state index in [2.05, 4.69) is 9.72 Å². The summed E-state index contributed by atoms with van der Waals surface area (Å²) in [6, 6.07) is 10.6. The van der Waals surface area contributed by atoms with Crippen LogP contribution in [0.3, 0.4) is 0 Å². The third-order valence-corrected chi connectivity index (χ3v) is 3.68. The number of aromatic amines is 1. The Balaban J connectivity index is 2.13. The number of hydrogen-bond acceptors (Lipinski definition) is 4. The number of rotatable bonds is 3. The molecule has 1 N–H and O–H groups in total. The molecule has 122 valence electrons. The fourth-order valence-electron chi connectivity index (χ4n) is 2.52. The third-order valence-electron chi connectivity index (χ3n) is 3.68. The molecule has 3 rings (SSSR count). The quantitative estimate of drug-likeness (QED) is 0.742. The molecule has 0 aliphatic rings. The maximum absolute atomic E-state index is 13.7. The molecule has 2 aromatic carbocycles. The Kier molecular flexibility index (Phi) is 3.99. The summed E-state index contributed by atoms with van der Waals surface area (Å²) < 4.78 is 19.6. The molecule has 0 bridgehead atoms. The number of nitrogens with zero attached hydrogens (tertiary/aromatic N) is 1. The largest absolute Gasteiger partial charge is 0.465 e. The van der Waals surface area contributed by atoms with Crippen LogP contribution in [0.5, 0.6) is 0 Å². The van der Waals surface area contributed by atoms with Gasteiger partial charge in [-0.3, -0.25) is 14.3 Å². The number of methoxy groups -OCH3 is 1. The first-order valence-electron chi connectivity index (χ1n) is 7.10. The van der Waals surface area contributed by atoms with Gasteiger partial charge in [-0.05, 0) is 29.8 Å². The summed E-state index contributed by atoms with van der Waals surface area (Å²) in [7, 11) is 1.16. The fourth-order valence-corrected chi connectivity index (χ4v) is 2.52. The van der Waals surface area contributed by atoms with Gasteiger partial charge >= 0.3 is 11.7 Å². The van der Waals surface area contributed by atoms with Crippen LogP contribution in [0.25, 0.3) is 10.9 Å². The monoisotopic (exact) mass is 328 g/mol. The Morgan fingerprint density at radius 2 is 1.96 bits per heavy atom. The summed E-state index contributed by atoms with van der Waals surface area (Å²) in [6.45, 7) is 0.0698. The summed E-state index contributed by atoms with van der Waals surface area (Å²) >= 11 is 0. The van der Waals surface area contributed by atoms with Gasteiger partial charge in [-0.15, -0.1) is 0 Å². The van der Waals surface area contributed by atoms with Crippen LogP contribution in [0.2, 0.25) is 0 Å². The van der Waals surface area contributed by atoms with Crippen molar-refractivity contribution in [2.24, 2.45) is 0 Å². The van der Waals surface area contributed by atoms with Crippen LogP contribution in [0.15, 0.2) is 52.1 Å². The highest BCUT2D eigenvalue weighted by molar-refractivity contribution is 5.89. The van der Waals surface area contributed by atoms with Crippen LogP contribution >= 0.6 is 0 Å². The second-order valence-corrected chi connectivity index (χ2v) is 5.17. The van der Waals surface area contributed by atoms with Crippen LogP contribution in [-0.2, 0) is 11.3 Å². The lowest BCUT2D eigenvalue weighted by Crippen LogP contribution is -2.30. The summed E-state index contributed by atoms with van der Waals surface area (Å²) in [4.78, 5) is 37.8. The van der Waals surface area contributed by atoms with Crippen molar-refractivity contribution in [2.45, 2.75) is 6.54 Å². The van der Waals surface area contributed by atoms with Crippen molar-refractivity contribution in [3.05, 3.63) is 80.2 Å². The SMILES string of the molecule is COC(=O)c1cc(Cn2c(=O)[nH]c(=O)c3ccccc32)ccc1F. The minimum absolute atomic E-state index is 0.0698. The van der Waals surface area contributed by atoms with E-state index in [0.29, 0.717) is 16.5 Å². The van der Waals surface area contributed by atoms with E-state index in [0.717, 1.165) is 13.2 Å². The van der Waals surface area contributed by atoms with E-state index >= 15 is 0 Å². The highest BCUT2D eigenvalue weighted by Crippen LogP contribution is 2.14. The Morgan fingerprint density at radius 3 is 2.71 bits per heavy atom. The van der Waals surface area contributed by atoms with E-state index in [1.807, 2.05) is 0 Å². The topological polar surface area (TPSA) is 81.2 Å². The van der Waals surface area contributed by atoms with E-state index in [-0.39, 0.29) is 12.1 Å². The van der Waals surface area contributed by atoms with E-state index in [1.54, 1.807) is 24.3 Å². The first-order chi connectivity index (χ1) is 11.5. The van der Waals surface area contributed by atoms with Gasteiger partial charge in [-0.1, -0.05) is 18.2 Å². The zero-order chi connectivity index (χ0) is 17.3. The molecule has 0 saturated carbocycles. The molecule has 0 aliphatic heterocycles. The van der Waals surface area contributed by atoms with Crippen LogP contribution in [0.1, 0.15) is 15.9 Å². The number of para-hydroxylation sites is 1. The number of esters is 1. The molecule has 0 radical (unpaired) electrons. The number of carbonyl (C=O) groups excluding carboxylic acids is 1. The molecule has 0 fully saturated rings. The highest BCUT2D eigenvalue weighted by atomic mass is 19.1. The number of nitrogens with one attached hydrogen (secondary N) is 1. The van der Waals surface area contributed by atoms with Crippen LogP contribution in [-0.4, -0.2) is 22.6 Å². The van der Waals surface area contributed by atoms with Crippen molar-refractivity contribution in [3.8, 4) is 0 Å². The lowest BCUT2D eigenvalue weighted by molar-refractivity contribution is 0.0595. The van der Waals surface area contributed by atoms with Crippen molar-refractivity contribution in [1.29, 1.82) is 0 Å². The first-order valence-corrected chi connectivity index (χ1v) is 7.10. The molecule has 1 heterocycles. The smallest absolute Gasteiger partial charge is 0.340 e. The van der Waals surface area contributed by atoms with Crippen molar-refractivity contribution < 1.29 is 13.9 Å². The van der Waals surface area contributed by atoms with E-state index in [9.17, 15) is 18.8 Å².